The minimum atomic E-state index is -0.495. The SMILES string of the molecule is O=C(Nc1cc(Cl)ccc1F)c1ccc2c(c1)CCCC2. The number of amides is 1. The van der Waals surface area contributed by atoms with Crippen molar-refractivity contribution in [3.63, 3.8) is 0 Å². The van der Waals surface area contributed by atoms with E-state index in [-0.39, 0.29) is 11.6 Å². The Morgan fingerprint density at radius 2 is 1.81 bits per heavy atom. The molecule has 0 unspecified atom stereocenters. The largest absolute Gasteiger partial charge is 0.319 e. The Kier molecular flexibility index (Phi) is 3.93. The van der Waals surface area contributed by atoms with Crippen LogP contribution < -0.4 is 5.32 Å². The molecule has 0 aromatic heterocycles. The highest BCUT2D eigenvalue weighted by molar-refractivity contribution is 6.31. The molecule has 0 aliphatic heterocycles. The maximum Gasteiger partial charge on any atom is 0.255 e. The zero-order valence-corrected chi connectivity index (χ0v) is 12.2. The van der Waals surface area contributed by atoms with E-state index in [0.29, 0.717) is 10.6 Å². The highest BCUT2D eigenvalue weighted by Crippen LogP contribution is 2.24. The molecule has 4 heteroatoms. The van der Waals surface area contributed by atoms with E-state index in [4.69, 9.17) is 11.6 Å². The Morgan fingerprint density at radius 3 is 2.62 bits per heavy atom. The summed E-state index contributed by atoms with van der Waals surface area (Å²) in [5.41, 5.74) is 3.19. The van der Waals surface area contributed by atoms with Crippen molar-refractivity contribution in [1.29, 1.82) is 0 Å². The fourth-order valence-corrected chi connectivity index (χ4v) is 2.83. The zero-order valence-electron chi connectivity index (χ0n) is 11.5. The molecule has 2 aromatic carbocycles. The minimum Gasteiger partial charge on any atom is -0.319 e. The van der Waals surface area contributed by atoms with E-state index in [2.05, 4.69) is 5.32 Å². The number of rotatable bonds is 2. The summed E-state index contributed by atoms with van der Waals surface area (Å²) in [5.74, 6) is -0.810. The van der Waals surface area contributed by atoms with Crippen molar-refractivity contribution < 1.29 is 9.18 Å². The molecular formula is C17H15ClFNO. The normalized spacial score (nSPS) is 13.6. The van der Waals surface area contributed by atoms with Gasteiger partial charge in [-0.1, -0.05) is 17.7 Å². The third-order valence-corrected chi connectivity index (χ3v) is 4.02. The number of hydrogen-bond donors (Lipinski definition) is 1. The molecule has 1 N–H and O–H groups in total. The maximum atomic E-state index is 13.6. The van der Waals surface area contributed by atoms with Crippen molar-refractivity contribution in [1.82, 2.24) is 0 Å². The van der Waals surface area contributed by atoms with Crippen LogP contribution in [0.25, 0.3) is 0 Å². The predicted octanol–water partition coefficient (Wildman–Crippen LogP) is 4.61. The number of aryl methyl sites for hydroxylation is 2. The Morgan fingerprint density at radius 1 is 1.05 bits per heavy atom. The van der Waals surface area contributed by atoms with Gasteiger partial charge in [0.05, 0.1) is 5.69 Å². The van der Waals surface area contributed by atoms with E-state index < -0.39 is 5.82 Å². The highest BCUT2D eigenvalue weighted by atomic mass is 35.5. The first kappa shape index (κ1) is 14.1. The predicted molar refractivity (Wildman–Crippen MR) is 82.4 cm³/mol. The van der Waals surface area contributed by atoms with Gasteiger partial charge < -0.3 is 5.32 Å². The second-order valence-electron chi connectivity index (χ2n) is 5.27. The topological polar surface area (TPSA) is 29.1 Å². The lowest BCUT2D eigenvalue weighted by Crippen LogP contribution is -2.14. The third-order valence-electron chi connectivity index (χ3n) is 3.79. The summed E-state index contributed by atoms with van der Waals surface area (Å²) in [6.45, 7) is 0. The Bertz CT molecular complexity index is 699. The molecule has 0 bridgehead atoms. The lowest BCUT2D eigenvalue weighted by atomic mass is 9.90. The number of anilines is 1. The monoisotopic (exact) mass is 303 g/mol. The Labute approximate surface area is 127 Å². The van der Waals surface area contributed by atoms with Crippen LogP contribution in [0.5, 0.6) is 0 Å². The highest BCUT2D eigenvalue weighted by Gasteiger charge is 2.14. The summed E-state index contributed by atoms with van der Waals surface area (Å²) in [6.07, 6.45) is 4.43. The van der Waals surface area contributed by atoms with E-state index in [1.807, 2.05) is 12.1 Å². The van der Waals surface area contributed by atoms with Gasteiger partial charge in [-0.25, -0.2) is 4.39 Å². The minimum absolute atomic E-state index is 0.102. The van der Waals surface area contributed by atoms with Gasteiger partial charge in [0.15, 0.2) is 0 Å². The van der Waals surface area contributed by atoms with Crippen LogP contribution in [0.2, 0.25) is 5.02 Å². The van der Waals surface area contributed by atoms with Crippen LogP contribution in [0.15, 0.2) is 36.4 Å². The third kappa shape index (κ3) is 3.08. The molecule has 3 rings (SSSR count). The first-order valence-electron chi connectivity index (χ1n) is 7.02. The smallest absolute Gasteiger partial charge is 0.255 e. The lowest BCUT2D eigenvalue weighted by Gasteiger charge is -2.16. The van der Waals surface area contributed by atoms with Crippen molar-refractivity contribution in [3.8, 4) is 0 Å². The van der Waals surface area contributed by atoms with E-state index in [1.165, 1.54) is 35.7 Å². The van der Waals surface area contributed by atoms with Gasteiger partial charge in [0.25, 0.3) is 5.91 Å². The summed E-state index contributed by atoms with van der Waals surface area (Å²) < 4.78 is 13.6. The number of carbonyl (C=O) groups excluding carboxylic acids is 1. The molecule has 2 nitrogen and oxygen atoms in total. The fourth-order valence-electron chi connectivity index (χ4n) is 2.66. The van der Waals surface area contributed by atoms with E-state index >= 15 is 0 Å². The number of halogens is 2. The summed E-state index contributed by atoms with van der Waals surface area (Å²) >= 11 is 5.82. The van der Waals surface area contributed by atoms with Gasteiger partial charge in [-0.2, -0.15) is 0 Å². The molecule has 0 atom stereocenters. The second kappa shape index (κ2) is 5.86. The van der Waals surface area contributed by atoms with Gasteiger partial charge in [-0.15, -0.1) is 0 Å². The Hall–Kier alpha value is -1.87. The Balaban J connectivity index is 1.83. The number of fused-ring (bicyclic) bond motifs is 1. The van der Waals surface area contributed by atoms with Crippen LogP contribution in [-0.2, 0) is 12.8 Å². The number of nitrogens with one attached hydrogen (secondary N) is 1. The first-order chi connectivity index (χ1) is 10.1. The van der Waals surface area contributed by atoms with Gasteiger partial charge in [0.1, 0.15) is 5.82 Å². The number of benzene rings is 2. The van der Waals surface area contributed by atoms with Crippen LogP contribution in [-0.4, -0.2) is 5.91 Å². The average Bonchev–Trinajstić information content (AvgIpc) is 2.50. The summed E-state index contributed by atoms with van der Waals surface area (Å²) in [4.78, 5) is 12.2. The molecule has 0 heterocycles. The molecule has 0 saturated carbocycles. The van der Waals surface area contributed by atoms with Crippen LogP contribution >= 0.6 is 11.6 Å². The van der Waals surface area contributed by atoms with Gasteiger partial charge in [0, 0.05) is 10.6 Å². The van der Waals surface area contributed by atoms with Crippen LogP contribution in [0.1, 0.15) is 34.3 Å². The van der Waals surface area contributed by atoms with Crippen molar-refractivity contribution in [2.24, 2.45) is 0 Å². The standard InChI is InChI=1S/C17H15ClFNO/c18-14-7-8-15(19)16(10-14)20-17(21)13-6-5-11-3-1-2-4-12(11)9-13/h5-10H,1-4H2,(H,20,21). The zero-order chi connectivity index (χ0) is 14.8. The van der Waals surface area contributed by atoms with E-state index in [1.54, 1.807) is 6.07 Å². The first-order valence-corrected chi connectivity index (χ1v) is 7.39. The molecule has 0 radical (unpaired) electrons. The second-order valence-corrected chi connectivity index (χ2v) is 5.71. The van der Waals surface area contributed by atoms with E-state index in [0.717, 1.165) is 19.3 Å². The van der Waals surface area contributed by atoms with Crippen LogP contribution in [0.4, 0.5) is 10.1 Å². The molecule has 1 aliphatic rings. The number of carbonyl (C=O) groups is 1. The van der Waals surface area contributed by atoms with Gasteiger partial charge in [-0.05, 0) is 67.1 Å². The fraction of sp³-hybridized carbons (Fsp3) is 0.235. The lowest BCUT2D eigenvalue weighted by molar-refractivity contribution is 0.102. The summed E-state index contributed by atoms with van der Waals surface area (Å²) in [5, 5.41) is 2.96. The molecule has 21 heavy (non-hydrogen) atoms. The number of hydrogen-bond acceptors (Lipinski definition) is 1. The van der Waals surface area contributed by atoms with Crippen molar-refractivity contribution in [3.05, 3.63) is 63.9 Å². The van der Waals surface area contributed by atoms with Gasteiger partial charge in [-0.3, -0.25) is 4.79 Å². The van der Waals surface area contributed by atoms with E-state index in [9.17, 15) is 9.18 Å². The molecular weight excluding hydrogens is 289 g/mol. The average molecular weight is 304 g/mol. The van der Waals surface area contributed by atoms with Crippen LogP contribution in [0, 0.1) is 5.82 Å². The molecule has 108 valence electrons. The maximum absolute atomic E-state index is 13.6. The quantitative estimate of drug-likeness (QED) is 0.862. The van der Waals surface area contributed by atoms with Gasteiger partial charge >= 0.3 is 0 Å². The van der Waals surface area contributed by atoms with Crippen molar-refractivity contribution in [2.75, 3.05) is 5.32 Å². The molecule has 0 fully saturated rings. The van der Waals surface area contributed by atoms with Crippen LogP contribution in [0.3, 0.4) is 0 Å². The molecule has 2 aromatic rings. The van der Waals surface area contributed by atoms with Crippen molar-refractivity contribution in [2.45, 2.75) is 25.7 Å². The molecule has 1 aliphatic carbocycles. The summed E-state index contributed by atoms with van der Waals surface area (Å²) in [7, 11) is 0. The molecule has 0 saturated heterocycles. The van der Waals surface area contributed by atoms with Gasteiger partial charge in [0.2, 0.25) is 0 Å². The molecule has 1 amide bonds. The van der Waals surface area contributed by atoms with Crippen molar-refractivity contribution >= 4 is 23.2 Å². The summed E-state index contributed by atoms with van der Waals surface area (Å²) in [6, 6.07) is 9.80. The molecule has 0 spiro atoms.